The highest BCUT2D eigenvalue weighted by atomic mass is 16.6. The lowest BCUT2D eigenvalue weighted by atomic mass is 9.97. The molecule has 2 amide bonds. The Balaban J connectivity index is 1.57. The molecule has 0 atom stereocenters. The Labute approximate surface area is 184 Å². The maximum atomic E-state index is 12.7. The summed E-state index contributed by atoms with van der Waals surface area (Å²) >= 11 is 0. The minimum atomic E-state index is -0.506. The monoisotopic (exact) mass is 443 g/mol. The fourth-order valence-corrected chi connectivity index (χ4v) is 3.53. The van der Waals surface area contributed by atoms with Crippen LogP contribution in [0, 0.1) is 16.0 Å². The first-order chi connectivity index (χ1) is 15.3. The number of rotatable bonds is 7. The summed E-state index contributed by atoms with van der Waals surface area (Å²) in [4.78, 5) is 50.5. The van der Waals surface area contributed by atoms with Crippen LogP contribution in [0.25, 0.3) is 5.69 Å². The van der Waals surface area contributed by atoms with Gasteiger partial charge in [0.25, 0.3) is 11.6 Å². The Kier molecular flexibility index (Phi) is 7.18. The number of benzene rings is 1. The standard InChI is InChI=1S/C21H25N5O6/c1-3-32-21(29)15-7-10-24(11-8-15)19(27)14-23(2)20(28)18-9-12-25(22-18)16-5-4-6-17(13-16)26(30)31/h4-6,9,12-13,15H,3,7-8,10-11,14H2,1-2H3. The number of nitrogens with zero attached hydrogens (tertiary/aromatic N) is 5. The third kappa shape index (κ3) is 5.29. The molecule has 2 aromatic rings. The zero-order valence-electron chi connectivity index (χ0n) is 18.0. The zero-order valence-corrected chi connectivity index (χ0v) is 18.0. The second-order valence-corrected chi connectivity index (χ2v) is 7.49. The van der Waals surface area contributed by atoms with Crippen LogP contribution < -0.4 is 0 Å². The smallest absolute Gasteiger partial charge is 0.309 e. The van der Waals surface area contributed by atoms with Gasteiger partial charge in [-0.15, -0.1) is 0 Å². The number of nitro benzene ring substituents is 1. The number of carbonyl (C=O) groups excluding carboxylic acids is 3. The Hall–Kier alpha value is -3.76. The molecule has 1 aliphatic rings. The largest absolute Gasteiger partial charge is 0.466 e. The van der Waals surface area contributed by atoms with Gasteiger partial charge in [-0.3, -0.25) is 24.5 Å². The molecule has 1 saturated heterocycles. The number of likely N-dealkylation sites (tertiary alicyclic amines) is 1. The molecular weight excluding hydrogens is 418 g/mol. The van der Waals surface area contributed by atoms with Crippen LogP contribution in [0.5, 0.6) is 0 Å². The third-order valence-corrected chi connectivity index (χ3v) is 5.30. The summed E-state index contributed by atoms with van der Waals surface area (Å²) in [5, 5.41) is 15.2. The molecule has 1 aromatic carbocycles. The molecule has 0 bridgehead atoms. The van der Waals surface area contributed by atoms with E-state index in [9.17, 15) is 24.5 Å². The Bertz CT molecular complexity index is 1010. The molecule has 3 rings (SSSR count). The van der Waals surface area contributed by atoms with E-state index in [1.807, 2.05) is 0 Å². The van der Waals surface area contributed by atoms with Crippen molar-refractivity contribution < 1.29 is 24.0 Å². The number of ether oxygens (including phenoxy) is 1. The van der Waals surface area contributed by atoms with Crippen molar-refractivity contribution in [3.05, 3.63) is 52.3 Å². The Morgan fingerprint density at radius 1 is 1.25 bits per heavy atom. The molecule has 0 saturated carbocycles. The van der Waals surface area contributed by atoms with Gasteiger partial charge in [-0.05, 0) is 31.9 Å². The minimum Gasteiger partial charge on any atom is -0.466 e. The van der Waals surface area contributed by atoms with E-state index in [0.29, 0.717) is 38.2 Å². The quantitative estimate of drug-likeness (QED) is 0.362. The molecule has 0 N–H and O–H groups in total. The van der Waals surface area contributed by atoms with Crippen LogP contribution in [0.15, 0.2) is 36.5 Å². The number of piperidine rings is 1. The normalized spacial score (nSPS) is 14.1. The van der Waals surface area contributed by atoms with Crippen LogP contribution in [0.3, 0.4) is 0 Å². The molecule has 1 aromatic heterocycles. The summed E-state index contributed by atoms with van der Waals surface area (Å²) < 4.78 is 6.41. The number of aromatic nitrogens is 2. The fraction of sp³-hybridized carbons (Fsp3) is 0.429. The van der Waals surface area contributed by atoms with E-state index in [4.69, 9.17) is 4.74 Å². The van der Waals surface area contributed by atoms with Crippen molar-refractivity contribution in [2.45, 2.75) is 19.8 Å². The lowest BCUT2D eigenvalue weighted by molar-refractivity contribution is -0.384. The topological polar surface area (TPSA) is 128 Å². The van der Waals surface area contributed by atoms with Crippen molar-refractivity contribution in [1.29, 1.82) is 0 Å². The first kappa shape index (κ1) is 22.9. The highest BCUT2D eigenvalue weighted by Gasteiger charge is 2.29. The van der Waals surface area contributed by atoms with Crippen LogP contribution in [0.2, 0.25) is 0 Å². The molecule has 0 spiro atoms. The van der Waals surface area contributed by atoms with Gasteiger partial charge in [0, 0.05) is 38.5 Å². The van der Waals surface area contributed by atoms with Crippen LogP contribution in [-0.4, -0.2) is 75.6 Å². The van der Waals surface area contributed by atoms with Crippen LogP contribution >= 0.6 is 0 Å². The molecule has 11 nitrogen and oxygen atoms in total. The second kappa shape index (κ2) is 10.0. The molecular formula is C21H25N5O6. The van der Waals surface area contributed by atoms with Gasteiger partial charge in [0.05, 0.1) is 29.7 Å². The minimum absolute atomic E-state index is 0.0830. The van der Waals surface area contributed by atoms with E-state index in [1.165, 1.54) is 47.1 Å². The lowest BCUT2D eigenvalue weighted by Crippen LogP contribution is -2.45. The first-order valence-electron chi connectivity index (χ1n) is 10.3. The lowest BCUT2D eigenvalue weighted by Gasteiger charge is -2.32. The molecule has 1 aliphatic heterocycles. The Morgan fingerprint density at radius 3 is 2.62 bits per heavy atom. The second-order valence-electron chi connectivity index (χ2n) is 7.49. The average molecular weight is 443 g/mol. The molecule has 0 unspecified atom stereocenters. The number of carbonyl (C=O) groups is 3. The van der Waals surface area contributed by atoms with E-state index in [-0.39, 0.29) is 35.7 Å². The van der Waals surface area contributed by atoms with Crippen molar-refractivity contribution in [3.63, 3.8) is 0 Å². The zero-order chi connectivity index (χ0) is 23.3. The summed E-state index contributed by atoms with van der Waals surface area (Å²) in [6.07, 6.45) is 2.60. The summed E-state index contributed by atoms with van der Waals surface area (Å²) in [5.74, 6) is -1.08. The van der Waals surface area contributed by atoms with Gasteiger partial charge in [0.15, 0.2) is 5.69 Å². The molecule has 0 radical (unpaired) electrons. The molecule has 11 heteroatoms. The number of non-ortho nitro benzene ring substituents is 1. The van der Waals surface area contributed by atoms with E-state index < -0.39 is 10.8 Å². The number of hydrogen-bond donors (Lipinski definition) is 0. The SMILES string of the molecule is CCOC(=O)C1CCN(C(=O)CN(C)C(=O)c2ccn(-c3cccc([N+](=O)[O-])c3)n2)CC1. The molecule has 0 aliphatic carbocycles. The summed E-state index contributed by atoms with van der Waals surface area (Å²) in [5.41, 5.74) is 0.481. The van der Waals surface area contributed by atoms with Gasteiger partial charge in [0.2, 0.25) is 5.91 Å². The first-order valence-corrected chi connectivity index (χ1v) is 10.3. The van der Waals surface area contributed by atoms with Crippen molar-refractivity contribution in [3.8, 4) is 5.69 Å². The number of amides is 2. The predicted octanol–water partition coefficient (Wildman–Crippen LogP) is 1.65. The van der Waals surface area contributed by atoms with E-state index in [0.717, 1.165) is 0 Å². The van der Waals surface area contributed by atoms with Gasteiger partial charge in [-0.1, -0.05) is 6.07 Å². The molecule has 2 heterocycles. The summed E-state index contributed by atoms with van der Waals surface area (Å²) in [7, 11) is 1.51. The Morgan fingerprint density at radius 2 is 1.97 bits per heavy atom. The molecule has 32 heavy (non-hydrogen) atoms. The molecule has 1 fully saturated rings. The highest BCUT2D eigenvalue weighted by molar-refractivity contribution is 5.94. The average Bonchev–Trinajstić information content (AvgIpc) is 3.29. The van der Waals surface area contributed by atoms with Gasteiger partial charge in [-0.2, -0.15) is 5.10 Å². The number of likely N-dealkylation sites (N-methyl/N-ethyl adjacent to an activating group) is 1. The van der Waals surface area contributed by atoms with Gasteiger partial charge in [0.1, 0.15) is 0 Å². The summed E-state index contributed by atoms with van der Waals surface area (Å²) in [6, 6.07) is 7.39. The number of hydrogen-bond acceptors (Lipinski definition) is 7. The van der Waals surface area contributed by atoms with E-state index in [1.54, 1.807) is 17.9 Å². The highest BCUT2D eigenvalue weighted by Crippen LogP contribution is 2.19. The molecule has 170 valence electrons. The number of nitro groups is 1. The number of esters is 1. The van der Waals surface area contributed by atoms with Crippen LogP contribution in [-0.2, 0) is 14.3 Å². The van der Waals surface area contributed by atoms with Crippen molar-refractivity contribution in [1.82, 2.24) is 19.6 Å². The van der Waals surface area contributed by atoms with Gasteiger partial charge in [-0.25, -0.2) is 4.68 Å². The summed E-state index contributed by atoms with van der Waals surface area (Å²) in [6.45, 7) is 2.85. The van der Waals surface area contributed by atoms with E-state index in [2.05, 4.69) is 5.10 Å². The van der Waals surface area contributed by atoms with Crippen molar-refractivity contribution >= 4 is 23.5 Å². The van der Waals surface area contributed by atoms with Crippen molar-refractivity contribution in [2.24, 2.45) is 5.92 Å². The van der Waals surface area contributed by atoms with Gasteiger partial charge >= 0.3 is 5.97 Å². The van der Waals surface area contributed by atoms with Crippen LogP contribution in [0.1, 0.15) is 30.3 Å². The van der Waals surface area contributed by atoms with E-state index >= 15 is 0 Å². The fourth-order valence-electron chi connectivity index (χ4n) is 3.53. The van der Waals surface area contributed by atoms with Crippen molar-refractivity contribution in [2.75, 3.05) is 33.3 Å². The van der Waals surface area contributed by atoms with Crippen LogP contribution in [0.4, 0.5) is 5.69 Å². The maximum absolute atomic E-state index is 12.7. The van der Waals surface area contributed by atoms with Gasteiger partial charge < -0.3 is 14.5 Å². The maximum Gasteiger partial charge on any atom is 0.309 e. The third-order valence-electron chi connectivity index (χ3n) is 5.30. The predicted molar refractivity (Wildman–Crippen MR) is 113 cm³/mol.